The number of anilines is 1. The number of nitrogens with one attached hydrogen (secondary N) is 1. The molecule has 82 valence electrons. The smallest absolute Gasteiger partial charge is 0.128 e. The van der Waals surface area contributed by atoms with Crippen LogP contribution in [0.3, 0.4) is 0 Å². The van der Waals surface area contributed by atoms with E-state index in [2.05, 4.69) is 16.4 Å². The normalized spacial score (nSPS) is 15.1. The summed E-state index contributed by atoms with van der Waals surface area (Å²) in [6.07, 6.45) is 6.23. The van der Waals surface area contributed by atoms with Crippen molar-refractivity contribution in [2.24, 2.45) is 0 Å². The quantitative estimate of drug-likeness (QED) is 0.853. The number of pyridine rings is 1. The lowest BCUT2D eigenvalue weighted by molar-refractivity contribution is 0.420. The molecule has 0 aliphatic heterocycles. The molecule has 1 aliphatic carbocycles. The lowest BCUT2D eigenvalue weighted by Gasteiger charge is -2.11. The van der Waals surface area contributed by atoms with Crippen LogP contribution in [-0.4, -0.2) is 18.1 Å². The van der Waals surface area contributed by atoms with Gasteiger partial charge in [0, 0.05) is 34.9 Å². The second kappa shape index (κ2) is 3.67. The Morgan fingerprint density at radius 3 is 2.88 bits per heavy atom. The summed E-state index contributed by atoms with van der Waals surface area (Å²) in [5.41, 5.74) is 1.18. The summed E-state index contributed by atoms with van der Waals surface area (Å²) < 4.78 is 5.34. The van der Waals surface area contributed by atoms with Crippen molar-refractivity contribution >= 4 is 16.5 Å². The Balaban J connectivity index is 2.14. The Morgan fingerprint density at radius 1 is 1.25 bits per heavy atom. The first-order valence-corrected chi connectivity index (χ1v) is 5.56. The van der Waals surface area contributed by atoms with Crippen LogP contribution in [0.1, 0.15) is 12.8 Å². The van der Waals surface area contributed by atoms with E-state index < -0.39 is 0 Å². The standard InChI is InChI=1S/C13H14N2O/c1-16-13-5-4-12(15-9-2-3-9)10-6-7-14-8-11(10)13/h4-9,15H,2-3H2,1H3. The number of aromatic nitrogens is 1. The summed E-state index contributed by atoms with van der Waals surface area (Å²) in [6, 6.07) is 6.77. The topological polar surface area (TPSA) is 34.1 Å². The van der Waals surface area contributed by atoms with E-state index in [1.807, 2.05) is 24.5 Å². The number of hydrogen-bond acceptors (Lipinski definition) is 3. The molecule has 1 heterocycles. The highest BCUT2D eigenvalue weighted by Crippen LogP contribution is 2.33. The van der Waals surface area contributed by atoms with Crippen molar-refractivity contribution in [1.29, 1.82) is 0 Å². The minimum atomic E-state index is 0.657. The summed E-state index contributed by atoms with van der Waals surface area (Å²) in [5.74, 6) is 0.879. The van der Waals surface area contributed by atoms with Gasteiger partial charge < -0.3 is 10.1 Å². The molecule has 1 N–H and O–H groups in total. The molecule has 1 aromatic heterocycles. The maximum absolute atomic E-state index is 5.34. The van der Waals surface area contributed by atoms with Crippen LogP contribution in [0.2, 0.25) is 0 Å². The van der Waals surface area contributed by atoms with E-state index in [1.165, 1.54) is 23.9 Å². The molecule has 3 rings (SSSR count). The first-order valence-electron chi connectivity index (χ1n) is 5.56. The number of rotatable bonds is 3. The van der Waals surface area contributed by atoms with E-state index in [9.17, 15) is 0 Å². The third kappa shape index (κ3) is 1.58. The molecule has 0 amide bonds. The lowest BCUT2D eigenvalue weighted by Crippen LogP contribution is -2.01. The molecular formula is C13H14N2O. The third-order valence-electron chi connectivity index (χ3n) is 2.93. The van der Waals surface area contributed by atoms with E-state index in [1.54, 1.807) is 7.11 Å². The van der Waals surface area contributed by atoms with Crippen molar-refractivity contribution in [3.63, 3.8) is 0 Å². The molecule has 16 heavy (non-hydrogen) atoms. The van der Waals surface area contributed by atoms with Crippen molar-refractivity contribution in [3.8, 4) is 5.75 Å². The molecule has 0 radical (unpaired) electrons. The zero-order chi connectivity index (χ0) is 11.0. The third-order valence-corrected chi connectivity index (χ3v) is 2.93. The van der Waals surface area contributed by atoms with E-state index in [-0.39, 0.29) is 0 Å². The number of nitrogens with zero attached hydrogens (tertiary/aromatic N) is 1. The van der Waals surface area contributed by atoms with Gasteiger partial charge in [-0.1, -0.05) is 0 Å². The Morgan fingerprint density at radius 2 is 2.12 bits per heavy atom. The molecule has 3 nitrogen and oxygen atoms in total. The van der Waals surface area contributed by atoms with Gasteiger partial charge in [0.25, 0.3) is 0 Å². The fourth-order valence-electron chi connectivity index (χ4n) is 1.92. The zero-order valence-electron chi connectivity index (χ0n) is 9.23. The predicted molar refractivity (Wildman–Crippen MR) is 64.9 cm³/mol. The number of ether oxygens (including phenoxy) is 1. The molecule has 0 atom stereocenters. The van der Waals surface area contributed by atoms with Crippen LogP contribution in [0.4, 0.5) is 5.69 Å². The van der Waals surface area contributed by atoms with Crippen molar-refractivity contribution < 1.29 is 4.74 Å². The summed E-state index contributed by atoms with van der Waals surface area (Å²) in [6.45, 7) is 0. The van der Waals surface area contributed by atoms with Gasteiger partial charge in [-0.2, -0.15) is 0 Å². The average molecular weight is 214 g/mol. The first-order chi connectivity index (χ1) is 7.88. The first kappa shape index (κ1) is 9.46. The summed E-state index contributed by atoms with van der Waals surface area (Å²) in [5, 5.41) is 5.77. The Labute approximate surface area is 94.5 Å². The van der Waals surface area contributed by atoms with Gasteiger partial charge in [-0.3, -0.25) is 4.98 Å². The SMILES string of the molecule is COc1ccc(NC2CC2)c2ccncc12. The molecule has 3 heteroatoms. The van der Waals surface area contributed by atoms with Gasteiger partial charge in [-0.05, 0) is 31.0 Å². The van der Waals surface area contributed by atoms with Crippen molar-refractivity contribution in [1.82, 2.24) is 4.98 Å². The summed E-state index contributed by atoms with van der Waals surface area (Å²) in [4.78, 5) is 4.15. The van der Waals surface area contributed by atoms with Crippen LogP contribution < -0.4 is 10.1 Å². The second-order valence-electron chi connectivity index (χ2n) is 4.16. The summed E-state index contributed by atoms with van der Waals surface area (Å²) >= 11 is 0. The van der Waals surface area contributed by atoms with Gasteiger partial charge >= 0.3 is 0 Å². The molecule has 1 aromatic carbocycles. The molecule has 0 saturated heterocycles. The van der Waals surface area contributed by atoms with Crippen molar-refractivity contribution in [2.75, 3.05) is 12.4 Å². The maximum Gasteiger partial charge on any atom is 0.128 e. The van der Waals surface area contributed by atoms with Crippen LogP contribution >= 0.6 is 0 Å². The molecule has 2 aromatic rings. The van der Waals surface area contributed by atoms with Gasteiger partial charge in [0.15, 0.2) is 0 Å². The van der Waals surface area contributed by atoms with Gasteiger partial charge in [0.1, 0.15) is 5.75 Å². The average Bonchev–Trinajstić information content (AvgIpc) is 3.14. The number of hydrogen-bond donors (Lipinski definition) is 1. The van der Waals surface area contributed by atoms with Gasteiger partial charge in [-0.25, -0.2) is 0 Å². The van der Waals surface area contributed by atoms with Crippen molar-refractivity contribution in [2.45, 2.75) is 18.9 Å². The highest BCUT2D eigenvalue weighted by atomic mass is 16.5. The molecule has 0 unspecified atom stereocenters. The second-order valence-corrected chi connectivity index (χ2v) is 4.16. The largest absolute Gasteiger partial charge is 0.496 e. The van der Waals surface area contributed by atoms with Crippen LogP contribution in [0, 0.1) is 0 Å². The highest BCUT2D eigenvalue weighted by Gasteiger charge is 2.21. The van der Waals surface area contributed by atoms with Gasteiger partial charge in [0.05, 0.1) is 7.11 Å². The molecule has 1 saturated carbocycles. The van der Waals surface area contributed by atoms with Crippen LogP contribution in [-0.2, 0) is 0 Å². The summed E-state index contributed by atoms with van der Waals surface area (Å²) in [7, 11) is 1.69. The molecular weight excluding hydrogens is 200 g/mol. The number of fused-ring (bicyclic) bond motifs is 1. The monoisotopic (exact) mass is 214 g/mol. The highest BCUT2D eigenvalue weighted by molar-refractivity contribution is 5.97. The van der Waals surface area contributed by atoms with Gasteiger partial charge in [-0.15, -0.1) is 0 Å². The van der Waals surface area contributed by atoms with E-state index in [4.69, 9.17) is 4.74 Å². The Kier molecular flexibility index (Phi) is 2.17. The number of benzene rings is 1. The van der Waals surface area contributed by atoms with Crippen LogP contribution in [0.5, 0.6) is 5.75 Å². The fraction of sp³-hybridized carbons (Fsp3) is 0.308. The van der Waals surface area contributed by atoms with Crippen molar-refractivity contribution in [3.05, 3.63) is 30.6 Å². The molecule has 0 bridgehead atoms. The van der Waals surface area contributed by atoms with Crippen LogP contribution in [0.25, 0.3) is 10.8 Å². The van der Waals surface area contributed by atoms with E-state index in [0.717, 1.165) is 11.1 Å². The predicted octanol–water partition coefficient (Wildman–Crippen LogP) is 2.82. The van der Waals surface area contributed by atoms with Crippen LogP contribution in [0.15, 0.2) is 30.6 Å². The van der Waals surface area contributed by atoms with E-state index in [0.29, 0.717) is 6.04 Å². The molecule has 1 aliphatic rings. The number of methoxy groups -OCH3 is 1. The molecule has 0 spiro atoms. The van der Waals surface area contributed by atoms with E-state index >= 15 is 0 Å². The minimum Gasteiger partial charge on any atom is -0.496 e. The Bertz CT molecular complexity index is 520. The molecule has 1 fully saturated rings. The minimum absolute atomic E-state index is 0.657. The Hall–Kier alpha value is -1.77. The zero-order valence-corrected chi connectivity index (χ0v) is 9.23. The fourth-order valence-corrected chi connectivity index (χ4v) is 1.92. The lowest BCUT2D eigenvalue weighted by atomic mass is 10.1. The van der Waals surface area contributed by atoms with Gasteiger partial charge in [0.2, 0.25) is 0 Å². The maximum atomic E-state index is 5.34.